The van der Waals surface area contributed by atoms with Crippen LogP contribution in [0.25, 0.3) is 0 Å². The quantitative estimate of drug-likeness (QED) is 0.898. The molecular formula is C17H17N3O3S. The first-order chi connectivity index (χ1) is 11.3. The van der Waals surface area contributed by atoms with E-state index < -0.39 is 21.7 Å². The molecule has 0 spiro atoms. The van der Waals surface area contributed by atoms with Crippen LogP contribution >= 0.6 is 0 Å². The third kappa shape index (κ3) is 4.40. The molecule has 24 heavy (non-hydrogen) atoms. The van der Waals surface area contributed by atoms with E-state index in [4.69, 9.17) is 5.26 Å². The van der Waals surface area contributed by atoms with E-state index in [0.717, 1.165) is 5.56 Å². The highest BCUT2D eigenvalue weighted by molar-refractivity contribution is 7.91. The van der Waals surface area contributed by atoms with Gasteiger partial charge in [0.2, 0.25) is 5.91 Å². The van der Waals surface area contributed by atoms with Gasteiger partial charge in [-0.15, -0.1) is 0 Å². The van der Waals surface area contributed by atoms with Gasteiger partial charge in [0.05, 0.1) is 22.5 Å². The average Bonchev–Trinajstić information content (AvgIpc) is 2.55. The van der Waals surface area contributed by atoms with Crippen molar-refractivity contribution in [1.29, 1.82) is 5.26 Å². The molecule has 1 unspecified atom stereocenters. The number of rotatable bonds is 5. The van der Waals surface area contributed by atoms with Gasteiger partial charge < -0.3 is 5.32 Å². The van der Waals surface area contributed by atoms with Gasteiger partial charge in [-0.2, -0.15) is 5.26 Å². The third-order valence-corrected chi connectivity index (χ3v) is 5.37. The molecule has 7 heteroatoms. The second-order valence-electron chi connectivity index (χ2n) is 5.53. The van der Waals surface area contributed by atoms with Crippen molar-refractivity contribution in [3.8, 4) is 6.07 Å². The Kier molecular flexibility index (Phi) is 5.31. The van der Waals surface area contributed by atoms with Crippen LogP contribution in [0, 0.1) is 24.2 Å². The van der Waals surface area contributed by atoms with Crippen molar-refractivity contribution in [2.24, 2.45) is 5.92 Å². The number of aromatic nitrogens is 1. The minimum Gasteiger partial charge on any atom is -0.324 e. The molecule has 1 aromatic carbocycles. The monoisotopic (exact) mass is 343 g/mol. The summed E-state index contributed by atoms with van der Waals surface area (Å²) in [4.78, 5) is 16.2. The minimum absolute atomic E-state index is 0.202. The second kappa shape index (κ2) is 7.23. The Hall–Kier alpha value is -2.72. The smallest absolute Gasteiger partial charge is 0.228 e. The van der Waals surface area contributed by atoms with E-state index in [1.54, 1.807) is 37.3 Å². The summed E-state index contributed by atoms with van der Waals surface area (Å²) < 4.78 is 24.7. The first-order valence-electron chi connectivity index (χ1n) is 7.28. The van der Waals surface area contributed by atoms with Gasteiger partial charge in [0.1, 0.15) is 11.8 Å². The lowest BCUT2D eigenvalue weighted by molar-refractivity contribution is -0.118. The third-order valence-electron chi connectivity index (χ3n) is 3.44. The van der Waals surface area contributed by atoms with Crippen LogP contribution in [0.15, 0.2) is 47.5 Å². The summed E-state index contributed by atoms with van der Waals surface area (Å²) in [6.07, 6.45) is 1.36. The Bertz CT molecular complexity index is 867. The summed E-state index contributed by atoms with van der Waals surface area (Å²) in [7, 11) is -3.54. The molecule has 1 aromatic heterocycles. The number of pyridine rings is 1. The molecule has 2 aromatic rings. The van der Waals surface area contributed by atoms with Gasteiger partial charge in [-0.25, -0.2) is 13.4 Å². The molecule has 124 valence electrons. The molecule has 6 nitrogen and oxygen atoms in total. The average molecular weight is 343 g/mol. The predicted molar refractivity (Wildman–Crippen MR) is 90.0 cm³/mol. The van der Waals surface area contributed by atoms with Crippen LogP contribution in [0.3, 0.4) is 0 Å². The van der Waals surface area contributed by atoms with Crippen LogP contribution in [0.5, 0.6) is 0 Å². The Morgan fingerprint density at radius 1 is 1.25 bits per heavy atom. The number of sulfone groups is 1. The fraction of sp³-hybridized carbons (Fsp3) is 0.235. The minimum atomic E-state index is -3.54. The first kappa shape index (κ1) is 17.6. The maximum atomic E-state index is 12.4. The number of nitrogens with zero attached hydrogens (tertiary/aromatic N) is 2. The maximum absolute atomic E-state index is 12.4. The molecule has 0 aliphatic carbocycles. The van der Waals surface area contributed by atoms with Crippen LogP contribution in [0.2, 0.25) is 0 Å². The molecule has 1 atom stereocenters. The topological polar surface area (TPSA) is 99.9 Å². The molecule has 0 fully saturated rings. The van der Waals surface area contributed by atoms with E-state index in [1.807, 2.05) is 13.0 Å². The highest BCUT2D eigenvalue weighted by Gasteiger charge is 2.23. The van der Waals surface area contributed by atoms with Crippen molar-refractivity contribution in [1.82, 2.24) is 4.98 Å². The van der Waals surface area contributed by atoms with Gasteiger partial charge in [-0.05, 0) is 31.2 Å². The molecule has 2 rings (SSSR count). The number of hydrogen-bond donors (Lipinski definition) is 1. The zero-order valence-corrected chi connectivity index (χ0v) is 14.2. The number of aryl methyl sites for hydroxylation is 1. The Morgan fingerprint density at radius 3 is 2.46 bits per heavy atom. The van der Waals surface area contributed by atoms with E-state index >= 15 is 0 Å². The van der Waals surface area contributed by atoms with Crippen molar-refractivity contribution < 1.29 is 13.2 Å². The number of hydrogen-bond acceptors (Lipinski definition) is 5. The summed E-state index contributed by atoms with van der Waals surface area (Å²) >= 11 is 0. The number of carbonyl (C=O) groups excluding carboxylic acids is 1. The van der Waals surface area contributed by atoms with E-state index in [1.165, 1.54) is 12.3 Å². The number of nitriles is 1. The molecule has 1 N–H and O–H groups in total. The number of amides is 1. The Morgan fingerprint density at radius 2 is 1.92 bits per heavy atom. The summed E-state index contributed by atoms with van der Waals surface area (Å²) in [5.74, 6) is -1.44. The largest absolute Gasteiger partial charge is 0.324 e. The fourth-order valence-corrected chi connectivity index (χ4v) is 3.60. The van der Waals surface area contributed by atoms with Crippen molar-refractivity contribution in [3.63, 3.8) is 0 Å². The SMILES string of the molecule is Cc1ccc(S(=O)(=O)CC(C)C(=O)Nc2ccc(C#N)nc2)cc1. The summed E-state index contributed by atoms with van der Waals surface area (Å²) in [6.45, 7) is 3.43. The standard InChI is InChI=1S/C17H17N3O3S/c1-12-3-7-16(8-4-12)24(22,23)11-13(2)17(21)20-15-6-5-14(9-18)19-10-15/h3-8,10,13H,11H2,1-2H3,(H,20,21). The normalized spacial score (nSPS) is 12.2. The maximum Gasteiger partial charge on any atom is 0.228 e. The van der Waals surface area contributed by atoms with Crippen molar-refractivity contribution >= 4 is 21.4 Å². The van der Waals surface area contributed by atoms with Crippen LogP contribution in [0.1, 0.15) is 18.2 Å². The lowest BCUT2D eigenvalue weighted by Gasteiger charge is -2.13. The molecule has 0 aliphatic rings. The molecular weight excluding hydrogens is 326 g/mol. The van der Waals surface area contributed by atoms with Crippen LogP contribution < -0.4 is 5.32 Å². The highest BCUT2D eigenvalue weighted by atomic mass is 32.2. The lowest BCUT2D eigenvalue weighted by atomic mass is 10.2. The fourth-order valence-electron chi connectivity index (χ4n) is 2.05. The van der Waals surface area contributed by atoms with Gasteiger partial charge in [0.25, 0.3) is 0 Å². The summed E-state index contributed by atoms with van der Waals surface area (Å²) in [5.41, 5.74) is 1.62. The van der Waals surface area contributed by atoms with Crippen molar-refractivity contribution in [3.05, 3.63) is 53.9 Å². The van der Waals surface area contributed by atoms with E-state index in [9.17, 15) is 13.2 Å². The number of carbonyl (C=O) groups is 1. The van der Waals surface area contributed by atoms with E-state index in [2.05, 4.69) is 10.3 Å². The molecule has 1 heterocycles. The molecule has 1 amide bonds. The first-order valence-corrected chi connectivity index (χ1v) is 8.93. The molecule has 0 saturated heterocycles. The summed E-state index contributed by atoms with van der Waals surface area (Å²) in [6, 6.07) is 11.4. The van der Waals surface area contributed by atoms with Crippen LogP contribution in [-0.2, 0) is 14.6 Å². The number of nitrogens with one attached hydrogen (secondary N) is 1. The van der Waals surface area contributed by atoms with Crippen LogP contribution in [-0.4, -0.2) is 25.1 Å². The van der Waals surface area contributed by atoms with Crippen molar-refractivity contribution in [2.45, 2.75) is 18.7 Å². The highest BCUT2D eigenvalue weighted by Crippen LogP contribution is 2.16. The summed E-state index contributed by atoms with van der Waals surface area (Å²) in [5, 5.41) is 11.3. The zero-order chi connectivity index (χ0) is 17.7. The zero-order valence-electron chi connectivity index (χ0n) is 13.4. The number of benzene rings is 1. The van der Waals surface area contributed by atoms with Gasteiger partial charge >= 0.3 is 0 Å². The van der Waals surface area contributed by atoms with E-state index in [-0.39, 0.29) is 16.3 Å². The predicted octanol–water partition coefficient (Wildman–Crippen LogP) is 2.31. The Balaban J connectivity index is 2.04. The van der Waals surface area contributed by atoms with Gasteiger partial charge in [0.15, 0.2) is 9.84 Å². The van der Waals surface area contributed by atoms with Gasteiger partial charge in [-0.3, -0.25) is 4.79 Å². The van der Waals surface area contributed by atoms with E-state index in [0.29, 0.717) is 5.69 Å². The lowest BCUT2D eigenvalue weighted by Crippen LogP contribution is -2.27. The van der Waals surface area contributed by atoms with Gasteiger partial charge in [0, 0.05) is 5.92 Å². The number of anilines is 1. The molecule has 0 bridgehead atoms. The second-order valence-corrected chi connectivity index (χ2v) is 7.56. The molecule has 0 radical (unpaired) electrons. The Labute approximate surface area is 141 Å². The molecule has 0 saturated carbocycles. The van der Waals surface area contributed by atoms with Gasteiger partial charge in [-0.1, -0.05) is 24.6 Å². The molecule has 0 aliphatic heterocycles. The van der Waals surface area contributed by atoms with Crippen LogP contribution in [0.4, 0.5) is 5.69 Å². The van der Waals surface area contributed by atoms with Crippen molar-refractivity contribution in [2.75, 3.05) is 11.1 Å².